The second-order valence-electron chi connectivity index (χ2n) is 4.12. The number of aldehydes is 1. The molecule has 0 amide bonds. The largest absolute Gasteiger partial charge is 0.457 e. The molecule has 0 saturated heterocycles. The van der Waals surface area contributed by atoms with Crippen LogP contribution in [0.25, 0.3) is 22.2 Å². The van der Waals surface area contributed by atoms with E-state index in [1.807, 2.05) is 0 Å². The van der Waals surface area contributed by atoms with Gasteiger partial charge in [0.2, 0.25) is 5.76 Å². The third-order valence-corrected chi connectivity index (χ3v) is 2.94. The third-order valence-electron chi connectivity index (χ3n) is 2.94. The first-order valence-corrected chi connectivity index (χ1v) is 5.78. The summed E-state index contributed by atoms with van der Waals surface area (Å²) in [4.78, 5) is 25.6. The zero-order valence-electron chi connectivity index (χ0n) is 10.1. The standard InChI is InChI=1S/C14H8N2O4/c17-8-9-7-11(10-3-1-2-4-12(10)15-9)14-13(16(18)19)5-6-20-14/h1-8H. The van der Waals surface area contributed by atoms with Crippen LogP contribution in [0.3, 0.4) is 0 Å². The summed E-state index contributed by atoms with van der Waals surface area (Å²) in [5.74, 6) is 0.122. The van der Waals surface area contributed by atoms with Gasteiger partial charge in [0, 0.05) is 10.9 Å². The topological polar surface area (TPSA) is 86.2 Å². The molecule has 3 rings (SSSR count). The van der Waals surface area contributed by atoms with Gasteiger partial charge in [0.05, 0.1) is 22.8 Å². The Hall–Kier alpha value is -3.02. The van der Waals surface area contributed by atoms with Gasteiger partial charge >= 0.3 is 5.69 Å². The number of nitro groups is 1. The van der Waals surface area contributed by atoms with Gasteiger partial charge in [0.1, 0.15) is 5.69 Å². The first kappa shape index (κ1) is 12.0. The van der Waals surface area contributed by atoms with Gasteiger partial charge in [-0.15, -0.1) is 0 Å². The molecule has 6 nitrogen and oxygen atoms in total. The van der Waals surface area contributed by atoms with Crippen molar-refractivity contribution in [2.45, 2.75) is 0 Å². The monoisotopic (exact) mass is 268 g/mol. The highest BCUT2D eigenvalue weighted by Crippen LogP contribution is 2.35. The molecule has 0 N–H and O–H groups in total. The molecule has 2 heterocycles. The molecule has 6 heteroatoms. The van der Waals surface area contributed by atoms with Crippen LogP contribution in [-0.2, 0) is 0 Å². The Balaban J connectivity index is 2.37. The molecule has 0 radical (unpaired) electrons. The second kappa shape index (κ2) is 4.58. The lowest BCUT2D eigenvalue weighted by Crippen LogP contribution is -1.93. The second-order valence-corrected chi connectivity index (χ2v) is 4.12. The smallest absolute Gasteiger partial charge is 0.315 e. The SMILES string of the molecule is O=Cc1cc(-c2occc2[N+](=O)[O-])c2ccccc2n1. The van der Waals surface area contributed by atoms with Crippen molar-refractivity contribution >= 4 is 22.9 Å². The molecule has 98 valence electrons. The molecule has 0 aliphatic rings. The molecule has 0 spiro atoms. The summed E-state index contributed by atoms with van der Waals surface area (Å²) in [6.07, 6.45) is 1.86. The molecular formula is C14H8N2O4. The van der Waals surface area contributed by atoms with E-state index in [2.05, 4.69) is 4.98 Å². The first-order valence-electron chi connectivity index (χ1n) is 5.78. The van der Waals surface area contributed by atoms with E-state index >= 15 is 0 Å². The van der Waals surface area contributed by atoms with Gasteiger partial charge in [-0.25, -0.2) is 4.98 Å². The van der Waals surface area contributed by atoms with Gasteiger partial charge in [-0.1, -0.05) is 18.2 Å². The van der Waals surface area contributed by atoms with E-state index in [0.29, 0.717) is 22.8 Å². The predicted octanol–water partition coefficient (Wildman–Crippen LogP) is 3.22. The van der Waals surface area contributed by atoms with E-state index in [0.717, 1.165) is 0 Å². The lowest BCUT2D eigenvalue weighted by molar-refractivity contribution is -0.384. The summed E-state index contributed by atoms with van der Waals surface area (Å²) in [5, 5.41) is 11.7. The molecule has 20 heavy (non-hydrogen) atoms. The van der Waals surface area contributed by atoms with E-state index in [-0.39, 0.29) is 17.1 Å². The predicted molar refractivity (Wildman–Crippen MR) is 71.5 cm³/mol. The van der Waals surface area contributed by atoms with Crippen molar-refractivity contribution < 1.29 is 14.1 Å². The summed E-state index contributed by atoms with van der Waals surface area (Å²) in [7, 11) is 0. The Morgan fingerprint density at radius 3 is 2.80 bits per heavy atom. The number of hydrogen-bond acceptors (Lipinski definition) is 5. The van der Waals surface area contributed by atoms with Crippen LogP contribution in [0, 0.1) is 10.1 Å². The Labute approximate surface area is 112 Å². The molecular weight excluding hydrogens is 260 g/mol. The normalized spacial score (nSPS) is 10.6. The highest BCUT2D eigenvalue weighted by molar-refractivity contribution is 5.97. The minimum Gasteiger partial charge on any atom is -0.457 e. The van der Waals surface area contributed by atoms with Crippen LogP contribution in [0.4, 0.5) is 5.69 Å². The Morgan fingerprint density at radius 2 is 2.05 bits per heavy atom. The van der Waals surface area contributed by atoms with Gasteiger partial charge < -0.3 is 4.42 Å². The highest BCUT2D eigenvalue weighted by atomic mass is 16.6. The third kappa shape index (κ3) is 1.83. The molecule has 0 aliphatic carbocycles. The van der Waals surface area contributed by atoms with Gasteiger partial charge in [-0.05, 0) is 12.1 Å². The van der Waals surface area contributed by atoms with Crippen molar-refractivity contribution in [1.29, 1.82) is 0 Å². The Kier molecular flexibility index (Phi) is 2.76. The molecule has 0 unspecified atom stereocenters. The lowest BCUT2D eigenvalue weighted by atomic mass is 10.0. The number of carbonyl (C=O) groups is 1. The number of pyridine rings is 1. The van der Waals surface area contributed by atoms with Crippen molar-refractivity contribution in [1.82, 2.24) is 4.98 Å². The number of nitrogens with zero attached hydrogens (tertiary/aromatic N) is 2. The van der Waals surface area contributed by atoms with E-state index in [9.17, 15) is 14.9 Å². The van der Waals surface area contributed by atoms with E-state index in [1.54, 1.807) is 24.3 Å². The Morgan fingerprint density at radius 1 is 1.25 bits per heavy atom. The van der Waals surface area contributed by atoms with Crippen LogP contribution in [0.1, 0.15) is 10.5 Å². The number of rotatable bonds is 3. The van der Waals surface area contributed by atoms with Crippen molar-refractivity contribution in [2.75, 3.05) is 0 Å². The van der Waals surface area contributed by atoms with Crippen molar-refractivity contribution in [3.63, 3.8) is 0 Å². The fourth-order valence-corrected chi connectivity index (χ4v) is 2.09. The van der Waals surface area contributed by atoms with Crippen LogP contribution >= 0.6 is 0 Å². The van der Waals surface area contributed by atoms with E-state index in [4.69, 9.17) is 4.42 Å². The molecule has 2 aromatic heterocycles. The van der Waals surface area contributed by atoms with Gasteiger partial charge in [0.15, 0.2) is 6.29 Å². The zero-order chi connectivity index (χ0) is 14.1. The van der Waals surface area contributed by atoms with Crippen molar-refractivity contribution in [2.24, 2.45) is 0 Å². The van der Waals surface area contributed by atoms with Crippen LogP contribution in [0.5, 0.6) is 0 Å². The minimum absolute atomic E-state index is 0.122. The van der Waals surface area contributed by atoms with Crippen molar-refractivity contribution in [3.8, 4) is 11.3 Å². The van der Waals surface area contributed by atoms with E-state index in [1.165, 1.54) is 18.4 Å². The van der Waals surface area contributed by atoms with Gasteiger partial charge in [0.25, 0.3) is 0 Å². The fraction of sp³-hybridized carbons (Fsp3) is 0. The van der Waals surface area contributed by atoms with Crippen LogP contribution < -0.4 is 0 Å². The average Bonchev–Trinajstić information content (AvgIpc) is 2.95. The number of hydrogen-bond donors (Lipinski definition) is 0. The summed E-state index contributed by atoms with van der Waals surface area (Å²) in [6, 6.07) is 9.86. The quantitative estimate of drug-likeness (QED) is 0.413. The summed E-state index contributed by atoms with van der Waals surface area (Å²) in [5.41, 5.74) is 1.12. The first-order chi connectivity index (χ1) is 9.70. The average molecular weight is 268 g/mol. The fourth-order valence-electron chi connectivity index (χ4n) is 2.09. The molecule has 0 atom stereocenters. The highest BCUT2D eigenvalue weighted by Gasteiger charge is 2.21. The van der Waals surface area contributed by atoms with Crippen LogP contribution in [-0.4, -0.2) is 16.2 Å². The number of furan rings is 1. The van der Waals surface area contributed by atoms with Gasteiger partial charge in [-0.3, -0.25) is 14.9 Å². The number of para-hydroxylation sites is 1. The zero-order valence-corrected chi connectivity index (χ0v) is 10.1. The summed E-state index contributed by atoms with van der Waals surface area (Å²) < 4.78 is 5.23. The molecule has 0 aliphatic heterocycles. The maximum Gasteiger partial charge on any atom is 0.315 e. The minimum atomic E-state index is -0.519. The van der Waals surface area contributed by atoms with Gasteiger partial charge in [-0.2, -0.15) is 0 Å². The lowest BCUT2D eigenvalue weighted by Gasteiger charge is -2.04. The number of benzene rings is 1. The summed E-state index contributed by atoms with van der Waals surface area (Å²) in [6.45, 7) is 0. The van der Waals surface area contributed by atoms with Crippen LogP contribution in [0.2, 0.25) is 0 Å². The number of aromatic nitrogens is 1. The van der Waals surface area contributed by atoms with Crippen molar-refractivity contribution in [3.05, 3.63) is 58.5 Å². The molecule has 0 saturated carbocycles. The number of fused-ring (bicyclic) bond motifs is 1. The number of carbonyl (C=O) groups excluding carboxylic acids is 1. The van der Waals surface area contributed by atoms with E-state index < -0.39 is 4.92 Å². The summed E-state index contributed by atoms with van der Waals surface area (Å²) >= 11 is 0. The Bertz CT molecular complexity index is 823. The molecule has 1 aromatic carbocycles. The molecule has 3 aromatic rings. The maximum absolute atomic E-state index is 11.0. The molecule has 0 bridgehead atoms. The molecule has 0 fully saturated rings. The maximum atomic E-state index is 11.0. The van der Waals surface area contributed by atoms with Crippen LogP contribution in [0.15, 0.2) is 47.1 Å².